The summed E-state index contributed by atoms with van der Waals surface area (Å²) in [5.41, 5.74) is 8.53. The second-order valence-electron chi connectivity index (χ2n) is 10.4. The Morgan fingerprint density at radius 1 is 0.765 bits per heavy atom. The fourth-order valence-electron chi connectivity index (χ4n) is 6.60. The summed E-state index contributed by atoms with van der Waals surface area (Å²) >= 11 is 0. The summed E-state index contributed by atoms with van der Waals surface area (Å²) in [6.45, 7) is 9.88. The number of nitrogens with zero attached hydrogens (tertiary/aromatic N) is 1. The van der Waals surface area contributed by atoms with Crippen molar-refractivity contribution in [3.8, 4) is 0 Å². The Bertz CT molecular complexity index is 1300. The van der Waals surface area contributed by atoms with Crippen molar-refractivity contribution in [1.82, 2.24) is 4.81 Å². The standard InChI is InChI=1S/C31H32BNO/c1-21-15-22(2)18-26(17-21)31(27-19-23(3)16-24(4)20-27)30-13-8-14-33(30)32(34-31)29-12-7-10-25-9-5-6-11-28(25)29/h5-7,9-12,15-20,30H,8,13-14H2,1-4H3. The Labute approximate surface area is 203 Å². The molecule has 170 valence electrons. The molecule has 4 aromatic carbocycles. The molecule has 2 aliphatic rings. The zero-order chi connectivity index (χ0) is 23.4. The lowest BCUT2D eigenvalue weighted by Gasteiger charge is -2.37. The highest BCUT2D eigenvalue weighted by atomic mass is 16.5. The van der Waals surface area contributed by atoms with E-state index in [2.05, 4.69) is 111 Å². The number of aryl methyl sites for hydroxylation is 4. The largest absolute Gasteiger partial charge is 0.420 e. The number of benzene rings is 4. The third-order valence-corrected chi connectivity index (χ3v) is 7.75. The van der Waals surface area contributed by atoms with Crippen molar-refractivity contribution in [2.45, 2.75) is 52.2 Å². The Kier molecular flexibility index (Phi) is 5.16. The maximum atomic E-state index is 7.43. The molecule has 4 aromatic rings. The summed E-state index contributed by atoms with van der Waals surface area (Å²) in [4.78, 5) is 2.64. The van der Waals surface area contributed by atoms with Crippen LogP contribution in [0.5, 0.6) is 0 Å². The van der Waals surface area contributed by atoms with Crippen LogP contribution in [0.15, 0.2) is 78.9 Å². The normalized spacial score (nSPS) is 19.6. The van der Waals surface area contributed by atoms with Gasteiger partial charge in [0.05, 0.1) is 0 Å². The van der Waals surface area contributed by atoms with Gasteiger partial charge in [0.1, 0.15) is 5.60 Å². The summed E-state index contributed by atoms with van der Waals surface area (Å²) < 4.78 is 7.43. The van der Waals surface area contributed by atoms with Crippen molar-refractivity contribution < 1.29 is 4.65 Å². The van der Waals surface area contributed by atoms with Crippen molar-refractivity contribution in [2.24, 2.45) is 0 Å². The third kappa shape index (κ3) is 3.33. The molecule has 0 N–H and O–H groups in total. The van der Waals surface area contributed by atoms with Gasteiger partial charge in [0.2, 0.25) is 0 Å². The molecule has 0 saturated carbocycles. The van der Waals surface area contributed by atoms with E-state index in [0.717, 1.165) is 13.0 Å². The maximum absolute atomic E-state index is 7.43. The minimum absolute atomic E-state index is 0.0692. The highest BCUT2D eigenvalue weighted by molar-refractivity contribution is 6.68. The second kappa shape index (κ2) is 8.11. The Morgan fingerprint density at radius 2 is 1.35 bits per heavy atom. The smallest absolute Gasteiger partial charge is 0.402 e. The van der Waals surface area contributed by atoms with Gasteiger partial charge < -0.3 is 9.47 Å². The van der Waals surface area contributed by atoms with Crippen molar-refractivity contribution in [2.75, 3.05) is 6.54 Å². The van der Waals surface area contributed by atoms with Crippen molar-refractivity contribution in [3.05, 3.63) is 112 Å². The number of rotatable bonds is 3. The minimum atomic E-state index is -0.494. The van der Waals surface area contributed by atoms with Gasteiger partial charge >= 0.3 is 7.05 Å². The van der Waals surface area contributed by atoms with E-state index in [4.69, 9.17) is 4.65 Å². The van der Waals surface area contributed by atoms with E-state index in [9.17, 15) is 0 Å². The molecule has 0 bridgehead atoms. The Morgan fingerprint density at radius 3 is 2.00 bits per heavy atom. The van der Waals surface area contributed by atoms with Gasteiger partial charge in [-0.3, -0.25) is 0 Å². The lowest BCUT2D eigenvalue weighted by Crippen LogP contribution is -2.46. The van der Waals surface area contributed by atoms with E-state index in [-0.39, 0.29) is 7.05 Å². The van der Waals surface area contributed by atoms with Gasteiger partial charge in [-0.15, -0.1) is 0 Å². The van der Waals surface area contributed by atoms with Crippen molar-refractivity contribution in [1.29, 1.82) is 0 Å². The van der Waals surface area contributed by atoms with Gasteiger partial charge in [-0.2, -0.15) is 0 Å². The molecule has 0 aliphatic carbocycles. The summed E-state index contributed by atoms with van der Waals surface area (Å²) in [5.74, 6) is 0. The van der Waals surface area contributed by atoms with Gasteiger partial charge in [0.25, 0.3) is 0 Å². The molecular weight excluding hydrogens is 413 g/mol. The Hall–Kier alpha value is -2.88. The van der Waals surface area contributed by atoms with Crippen LogP contribution in [0, 0.1) is 27.7 Å². The van der Waals surface area contributed by atoms with Crippen molar-refractivity contribution in [3.63, 3.8) is 0 Å². The third-order valence-electron chi connectivity index (χ3n) is 7.75. The molecule has 0 aromatic heterocycles. The minimum Gasteiger partial charge on any atom is -0.402 e. The lowest BCUT2D eigenvalue weighted by molar-refractivity contribution is 0.106. The molecule has 1 unspecified atom stereocenters. The van der Waals surface area contributed by atoms with Crippen LogP contribution in [-0.4, -0.2) is 24.4 Å². The van der Waals surface area contributed by atoms with Crippen LogP contribution < -0.4 is 5.46 Å². The second-order valence-corrected chi connectivity index (χ2v) is 10.4. The highest BCUT2D eigenvalue weighted by Crippen LogP contribution is 2.49. The SMILES string of the molecule is Cc1cc(C)cc(C2(c3cc(C)cc(C)c3)OB(c3cccc4ccccc34)N3CCCC32)c1. The fourth-order valence-corrected chi connectivity index (χ4v) is 6.60. The summed E-state index contributed by atoms with van der Waals surface area (Å²) in [7, 11) is -0.0692. The summed E-state index contributed by atoms with van der Waals surface area (Å²) in [5, 5.41) is 2.56. The first kappa shape index (κ1) is 21.6. The molecule has 1 atom stereocenters. The van der Waals surface area contributed by atoms with Gasteiger partial charge in [0.15, 0.2) is 0 Å². The van der Waals surface area contributed by atoms with E-state index in [1.54, 1.807) is 0 Å². The molecule has 0 amide bonds. The first-order valence-electron chi connectivity index (χ1n) is 12.5. The predicted molar refractivity (Wildman–Crippen MR) is 143 cm³/mol. The van der Waals surface area contributed by atoms with Crippen LogP contribution in [0.2, 0.25) is 0 Å². The van der Waals surface area contributed by atoms with Crippen LogP contribution in [-0.2, 0) is 10.3 Å². The van der Waals surface area contributed by atoms with E-state index in [1.807, 2.05) is 0 Å². The van der Waals surface area contributed by atoms with Crippen LogP contribution in [0.1, 0.15) is 46.2 Å². The average molecular weight is 445 g/mol. The van der Waals surface area contributed by atoms with Crippen molar-refractivity contribution >= 4 is 23.3 Å². The van der Waals surface area contributed by atoms with Gasteiger partial charge in [-0.25, -0.2) is 0 Å². The molecule has 34 heavy (non-hydrogen) atoms. The van der Waals surface area contributed by atoms with Crippen LogP contribution in [0.3, 0.4) is 0 Å². The Balaban J connectivity index is 1.61. The molecule has 2 fully saturated rings. The number of fused-ring (bicyclic) bond motifs is 2. The van der Waals surface area contributed by atoms with E-state index in [1.165, 1.54) is 56.0 Å². The quantitative estimate of drug-likeness (QED) is 0.348. The fraction of sp³-hybridized carbons (Fsp3) is 0.290. The molecule has 2 nitrogen and oxygen atoms in total. The van der Waals surface area contributed by atoms with E-state index >= 15 is 0 Å². The molecule has 3 heteroatoms. The first-order valence-corrected chi connectivity index (χ1v) is 12.5. The zero-order valence-corrected chi connectivity index (χ0v) is 20.6. The molecule has 2 saturated heterocycles. The molecular formula is C31H32BNO. The van der Waals surface area contributed by atoms with E-state index in [0.29, 0.717) is 6.04 Å². The maximum Gasteiger partial charge on any atom is 0.420 e. The summed E-state index contributed by atoms with van der Waals surface area (Å²) in [6, 6.07) is 29.6. The van der Waals surface area contributed by atoms with Gasteiger partial charge in [-0.05, 0) is 74.4 Å². The van der Waals surface area contributed by atoms with Crippen LogP contribution in [0.4, 0.5) is 0 Å². The number of hydrogen-bond donors (Lipinski definition) is 0. The lowest BCUT2D eigenvalue weighted by atomic mass is 9.70. The number of hydrogen-bond acceptors (Lipinski definition) is 2. The molecule has 0 spiro atoms. The molecule has 2 heterocycles. The van der Waals surface area contributed by atoms with Gasteiger partial charge in [0, 0.05) is 6.04 Å². The zero-order valence-electron chi connectivity index (χ0n) is 20.6. The van der Waals surface area contributed by atoms with Gasteiger partial charge in [-0.1, -0.05) is 101 Å². The molecule has 2 aliphatic heterocycles. The van der Waals surface area contributed by atoms with Crippen LogP contribution in [0.25, 0.3) is 10.8 Å². The summed E-state index contributed by atoms with van der Waals surface area (Å²) in [6.07, 6.45) is 2.34. The van der Waals surface area contributed by atoms with E-state index < -0.39 is 5.60 Å². The molecule has 6 rings (SSSR count). The topological polar surface area (TPSA) is 12.5 Å². The molecule has 0 radical (unpaired) electrons. The first-order chi connectivity index (χ1) is 16.5. The monoisotopic (exact) mass is 445 g/mol. The highest BCUT2D eigenvalue weighted by Gasteiger charge is 2.59. The average Bonchev–Trinajstić information content (AvgIpc) is 3.40. The van der Waals surface area contributed by atoms with Crippen LogP contribution >= 0.6 is 0 Å². The predicted octanol–water partition coefficient (Wildman–Crippen LogP) is 6.21.